The van der Waals surface area contributed by atoms with Gasteiger partial charge in [-0.2, -0.15) is 0 Å². The van der Waals surface area contributed by atoms with E-state index >= 15 is 0 Å². The van der Waals surface area contributed by atoms with Crippen molar-refractivity contribution in [2.45, 2.75) is 60.8 Å². The highest BCUT2D eigenvalue weighted by molar-refractivity contribution is 4.65. The summed E-state index contributed by atoms with van der Waals surface area (Å²) >= 11 is 0. The summed E-state index contributed by atoms with van der Waals surface area (Å²) in [5.74, 6) is 1.64. The van der Waals surface area contributed by atoms with E-state index in [1.165, 1.54) is 25.8 Å². The average molecular weight is 213 g/mol. The molecule has 0 aromatic carbocycles. The van der Waals surface area contributed by atoms with E-state index in [2.05, 4.69) is 46.9 Å². The van der Waals surface area contributed by atoms with Gasteiger partial charge in [0.2, 0.25) is 0 Å². The maximum absolute atomic E-state index is 3.51. The first-order chi connectivity index (χ1) is 6.81. The molecule has 0 aliphatic carbocycles. The zero-order valence-corrected chi connectivity index (χ0v) is 11.7. The van der Waals surface area contributed by atoms with Gasteiger partial charge >= 0.3 is 0 Å². The van der Waals surface area contributed by atoms with E-state index in [0.29, 0.717) is 5.41 Å². The monoisotopic (exact) mass is 213 g/mol. The Kier molecular flexibility index (Phi) is 7.25. The molecular weight excluding hydrogens is 182 g/mol. The minimum atomic E-state index is 0.500. The quantitative estimate of drug-likeness (QED) is 0.628. The Morgan fingerprint density at radius 1 is 1.00 bits per heavy atom. The maximum Gasteiger partial charge on any atom is -0.00258 e. The van der Waals surface area contributed by atoms with Crippen molar-refractivity contribution < 1.29 is 0 Å². The summed E-state index contributed by atoms with van der Waals surface area (Å²) in [7, 11) is 0. The van der Waals surface area contributed by atoms with Crippen molar-refractivity contribution in [2.24, 2.45) is 17.3 Å². The van der Waals surface area contributed by atoms with Crippen LogP contribution in [-0.4, -0.2) is 13.1 Å². The summed E-state index contributed by atoms with van der Waals surface area (Å²) < 4.78 is 0. The van der Waals surface area contributed by atoms with E-state index in [1.54, 1.807) is 0 Å². The van der Waals surface area contributed by atoms with Gasteiger partial charge in [0.25, 0.3) is 0 Å². The van der Waals surface area contributed by atoms with Gasteiger partial charge in [0.05, 0.1) is 0 Å². The third kappa shape index (κ3) is 11.9. The lowest BCUT2D eigenvalue weighted by Crippen LogP contribution is -2.22. The summed E-state index contributed by atoms with van der Waals surface area (Å²) in [5, 5.41) is 3.51. The van der Waals surface area contributed by atoms with Crippen molar-refractivity contribution in [3.8, 4) is 0 Å². The molecular formula is C14H31N. The Morgan fingerprint density at radius 2 is 1.60 bits per heavy atom. The lowest BCUT2D eigenvalue weighted by Gasteiger charge is -2.21. The third-order valence-electron chi connectivity index (χ3n) is 2.75. The Bertz CT molecular complexity index is 144. The molecule has 0 radical (unpaired) electrons. The van der Waals surface area contributed by atoms with E-state index in [-0.39, 0.29) is 0 Å². The highest BCUT2D eigenvalue weighted by atomic mass is 14.8. The fourth-order valence-corrected chi connectivity index (χ4v) is 1.56. The minimum Gasteiger partial charge on any atom is -0.316 e. The zero-order chi connectivity index (χ0) is 11.9. The number of hydrogen-bond donors (Lipinski definition) is 1. The van der Waals surface area contributed by atoms with Crippen LogP contribution in [0.3, 0.4) is 0 Å². The molecule has 0 aromatic rings. The van der Waals surface area contributed by atoms with Crippen molar-refractivity contribution in [1.29, 1.82) is 0 Å². The summed E-state index contributed by atoms with van der Waals surface area (Å²) in [6.45, 7) is 16.2. The van der Waals surface area contributed by atoms with Crippen LogP contribution in [0.2, 0.25) is 0 Å². The summed E-state index contributed by atoms with van der Waals surface area (Å²) in [6.07, 6.45) is 4.04. The first-order valence-corrected chi connectivity index (χ1v) is 6.52. The molecule has 0 amide bonds. The highest BCUT2D eigenvalue weighted by Gasteiger charge is 2.12. The van der Waals surface area contributed by atoms with Crippen LogP contribution in [0.25, 0.3) is 0 Å². The first-order valence-electron chi connectivity index (χ1n) is 6.52. The fraction of sp³-hybridized carbons (Fsp3) is 1.00. The average Bonchev–Trinajstić information content (AvgIpc) is 2.07. The molecule has 92 valence electrons. The number of hydrogen-bond acceptors (Lipinski definition) is 1. The fourth-order valence-electron chi connectivity index (χ4n) is 1.56. The van der Waals surface area contributed by atoms with Gasteiger partial charge in [0.15, 0.2) is 0 Å². The van der Waals surface area contributed by atoms with Gasteiger partial charge in [-0.25, -0.2) is 0 Å². The van der Waals surface area contributed by atoms with Crippen molar-refractivity contribution in [3.05, 3.63) is 0 Å². The Balaban J connectivity index is 3.38. The molecule has 1 unspecified atom stereocenters. The molecule has 0 rings (SSSR count). The Labute approximate surface area is 97.0 Å². The normalized spacial score (nSPS) is 14.6. The van der Waals surface area contributed by atoms with E-state index < -0.39 is 0 Å². The molecule has 0 fully saturated rings. The maximum atomic E-state index is 3.51. The van der Waals surface area contributed by atoms with Gasteiger partial charge in [-0.1, -0.05) is 48.0 Å². The molecule has 1 N–H and O–H groups in total. The van der Waals surface area contributed by atoms with Crippen molar-refractivity contribution in [3.63, 3.8) is 0 Å². The number of rotatable bonds is 7. The second kappa shape index (κ2) is 7.27. The lowest BCUT2D eigenvalue weighted by atomic mass is 9.86. The molecule has 15 heavy (non-hydrogen) atoms. The largest absolute Gasteiger partial charge is 0.316 e. The van der Waals surface area contributed by atoms with E-state index in [0.717, 1.165) is 18.4 Å². The SMILES string of the molecule is CC(C)CNCCC(C)CCC(C)(C)C. The molecule has 0 heterocycles. The standard InChI is InChI=1S/C14H31N/c1-12(2)11-15-10-8-13(3)7-9-14(4,5)6/h12-13,15H,7-11H2,1-6H3. The van der Waals surface area contributed by atoms with Crippen molar-refractivity contribution >= 4 is 0 Å². The van der Waals surface area contributed by atoms with Crippen LogP contribution in [0.15, 0.2) is 0 Å². The highest BCUT2D eigenvalue weighted by Crippen LogP contribution is 2.24. The molecule has 0 aliphatic heterocycles. The van der Waals surface area contributed by atoms with Crippen LogP contribution in [0.4, 0.5) is 0 Å². The molecule has 1 nitrogen and oxygen atoms in total. The number of nitrogens with one attached hydrogen (secondary N) is 1. The molecule has 0 spiro atoms. The zero-order valence-electron chi connectivity index (χ0n) is 11.7. The van der Waals surface area contributed by atoms with Gasteiger partial charge in [0.1, 0.15) is 0 Å². The summed E-state index contributed by atoms with van der Waals surface area (Å²) in [5.41, 5.74) is 0.500. The first kappa shape index (κ1) is 15.0. The molecule has 0 aliphatic rings. The van der Waals surface area contributed by atoms with E-state index in [4.69, 9.17) is 0 Å². The van der Waals surface area contributed by atoms with Crippen LogP contribution in [0.5, 0.6) is 0 Å². The Morgan fingerprint density at radius 3 is 2.07 bits per heavy atom. The predicted molar refractivity (Wildman–Crippen MR) is 70.2 cm³/mol. The van der Waals surface area contributed by atoms with Crippen LogP contribution in [-0.2, 0) is 0 Å². The third-order valence-corrected chi connectivity index (χ3v) is 2.75. The molecule has 1 atom stereocenters. The van der Waals surface area contributed by atoms with Crippen LogP contribution in [0.1, 0.15) is 60.8 Å². The smallest absolute Gasteiger partial charge is 0.00258 e. The van der Waals surface area contributed by atoms with Crippen LogP contribution >= 0.6 is 0 Å². The minimum absolute atomic E-state index is 0.500. The van der Waals surface area contributed by atoms with E-state index in [1.807, 2.05) is 0 Å². The molecule has 0 saturated heterocycles. The topological polar surface area (TPSA) is 12.0 Å². The summed E-state index contributed by atoms with van der Waals surface area (Å²) in [4.78, 5) is 0. The summed E-state index contributed by atoms with van der Waals surface area (Å²) in [6, 6.07) is 0. The molecule has 0 saturated carbocycles. The second-order valence-corrected chi connectivity index (χ2v) is 6.59. The van der Waals surface area contributed by atoms with Crippen LogP contribution in [0, 0.1) is 17.3 Å². The van der Waals surface area contributed by atoms with Gasteiger partial charge in [-0.15, -0.1) is 0 Å². The van der Waals surface area contributed by atoms with Crippen LogP contribution < -0.4 is 5.32 Å². The predicted octanol–water partition coefficient (Wildman–Crippen LogP) is 4.08. The van der Waals surface area contributed by atoms with Gasteiger partial charge in [-0.3, -0.25) is 0 Å². The van der Waals surface area contributed by atoms with Crippen molar-refractivity contribution in [1.82, 2.24) is 5.32 Å². The molecule has 0 aromatic heterocycles. The van der Waals surface area contributed by atoms with Gasteiger partial charge in [0, 0.05) is 0 Å². The lowest BCUT2D eigenvalue weighted by molar-refractivity contribution is 0.320. The Hall–Kier alpha value is -0.0400. The molecule has 0 bridgehead atoms. The second-order valence-electron chi connectivity index (χ2n) is 6.59. The van der Waals surface area contributed by atoms with Gasteiger partial charge in [-0.05, 0) is 43.2 Å². The van der Waals surface area contributed by atoms with E-state index in [9.17, 15) is 0 Å². The van der Waals surface area contributed by atoms with Crippen molar-refractivity contribution in [2.75, 3.05) is 13.1 Å². The molecule has 1 heteroatoms. The van der Waals surface area contributed by atoms with Gasteiger partial charge < -0.3 is 5.32 Å².